The normalized spacial score (nSPS) is 10.3. The summed E-state index contributed by atoms with van der Waals surface area (Å²) in [5.41, 5.74) is 0.114. The van der Waals surface area contributed by atoms with Gasteiger partial charge < -0.3 is 24.5 Å². The lowest BCUT2D eigenvalue weighted by molar-refractivity contribution is 0.0695. The Hall–Kier alpha value is -2.02. The van der Waals surface area contributed by atoms with Crippen molar-refractivity contribution in [3.63, 3.8) is 0 Å². The lowest BCUT2D eigenvalue weighted by atomic mass is 10.2. The van der Waals surface area contributed by atoms with E-state index in [1.54, 1.807) is 21.1 Å². The third-order valence-corrected chi connectivity index (χ3v) is 2.80. The Morgan fingerprint density at radius 1 is 1.50 bits per heavy atom. The van der Waals surface area contributed by atoms with E-state index in [0.29, 0.717) is 24.7 Å². The monoisotopic (exact) mass is 284 g/mol. The Labute approximate surface area is 117 Å². The van der Waals surface area contributed by atoms with E-state index in [1.807, 2.05) is 0 Å². The Kier molecular flexibility index (Phi) is 6.05. The van der Waals surface area contributed by atoms with Gasteiger partial charge in [-0.15, -0.1) is 0 Å². The molecule has 0 bridgehead atoms. The van der Waals surface area contributed by atoms with E-state index in [9.17, 15) is 9.59 Å². The average molecular weight is 284 g/mol. The van der Waals surface area contributed by atoms with Crippen LogP contribution in [0.2, 0.25) is 0 Å². The van der Waals surface area contributed by atoms with Crippen LogP contribution in [0.4, 0.5) is 4.79 Å². The summed E-state index contributed by atoms with van der Waals surface area (Å²) in [6.45, 7) is 2.90. The third-order valence-electron chi connectivity index (χ3n) is 2.80. The van der Waals surface area contributed by atoms with Gasteiger partial charge in [0.2, 0.25) is 0 Å². The molecule has 0 saturated heterocycles. The first-order chi connectivity index (χ1) is 9.45. The summed E-state index contributed by atoms with van der Waals surface area (Å²) in [6, 6.07) is 1.18. The molecular formula is C13H20N2O5. The number of carbonyl (C=O) groups excluding carboxylic acids is 1. The van der Waals surface area contributed by atoms with Crippen LogP contribution in [0.1, 0.15) is 28.3 Å². The van der Waals surface area contributed by atoms with E-state index >= 15 is 0 Å². The number of rotatable bonds is 7. The van der Waals surface area contributed by atoms with Crippen molar-refractivity contribution in [3.8, 4) is 0 Å². The number of amides is 2. The van der Waals surface area contributed by atoms with Crippen molar-refractivity contribution >= 4 is 12.0 Å². The zero-order chi connectivity index (χ0) is 15.1. The minimum absolute atomic E-state index is 0.114. The number of carboxylic acids is 1. The molecule has 0 aliphatic carbocycles. The number of urea groups is 1. The van der Waals surface area contributed by atoms with Crippen molar-refractivity contribution in [3.05, 3.63) is 23.2 Å². The fourth-order valence-corrected chi connectivity index (χ4v) is 1.69. The van der Waals surface area contributed by atoms with Crippen LogP contribution in [0.15, 0.2) is 10.5 Å². The zero-order valence-electron chi connectivity index (χ0n) is 11.9. The molecule has 1 heterocycles. The lowest BCUT2D eigenvalue weighted by Crippen LogP contribution is -2.37. The second-order valence-electron chi connectivity index (χ2n) is 4.41. The maximum atomic E-state index is 11.8. The maximum absolute atomic E-state index is 11.8. The Balaban J connectivity index is 2.44. The predicted octanol–water partition coefficient (Wildman–Crippen LogP) is 1.46. The Morgan fingerprint density at radius 3 is 2.75 bits per heavy atom. The van der Waals surface area contributed by atoms with Gasteiger partial charge in [-0.1, -0.05) is 0 Å². The number of aryl methyl sites for hydroxylation is 1. The molecule has 0 fully saturated rings. The highest BCUT2D eigenvalue weighted by Gasteiger charge is 2.14. The van der Waals surface area contributed by atoms with Crippen molar-refractivity contribution in [1.29, 1.82) is 0 Å². The summed E-state index contributed by atoms with van der Waals surface area (Å²) in [7, 11) is 3.29. The number of hydrogen-bond acceptors (Lipinski definition) is 4. The SMILES string of the molecule is COCCCN(C)C(=O)NCc1cc(C(=O)O)c(C)o1. The maximum Gasteiger partial charge on any atom is 0.339 e. The first-order valence-corrected chi connectivity index (χ1v) is 6.26. The minimum Gasteiger partial charge on any atom is -0.478 e. The highest BCUT2D eigenvalue weighted by atomic mass is 16.5. The summed E-state index contributed by atoms with van der Waals surface area (Å²) in [4.78, 5) is 24.1. The lowest BCUT2D eigenvalue weighted by Gasteiger charge is -2.17. The van der Waals surface area contributed by atoms with Gasteiger partial charge in [-0.05, 0) is 19.4 Å². The number of ether oxygens (including phenoxy) is 1. The van der Waals surface area contributed by atoms with E-state index < -0.39 is 5.97 Å². The molecule has 2 N–H and O–H groups in total. The van der Waals surface area contributed by atoms with Gasteiger partial charge in [0, 0.05) is 27.3 Å². The summed E-state index contributed by atoms with van der Waals surface area (Å²) in [5, 5.41) is 11.6. The van der Waals surface area contributed by atoms with E-state index in [-0.39, 0.29) is 18.1 Å². The van der Waals surface area contributed by atoms with E-state index in [1.165, 1.54) is 11.0 Å². The second-order valence-corrected chi connectivity index (χ2v) is 4.41. The Bertz CT molecular complexity index is 469. The molecule has 7 heteroatoms. The summed E-state index contributed by atoms with van der Waals surface area (Å²) in [6.07, 6.45) is 0.753. The van der Waals surface area contributed by atoms with Gasteiger partial charge >= 0.3 is 12.0 Å². The van der Waals surface area contributed by atoms with E-state index in [4.69, 9.17) is 14.3 Å². The quantitative estimate of drug-likeness (QED) is 0.740. The molecule has 0 aliphatic rings. The average Bonchev–Trinajstić information content (AvgIpc) is 2.77. The van der Waals surface area contributed by atoms with Gasteiger partial charge in [0.25, 0.3) is 0 Å². The molecule has 1 aromatic heterocycles. The molecular weight excluding hydrogens is 264 g/mol. The molecule has 0 unspecified atom stereocenters. The number of hydrogen-bond donors (Lipinski definition) is 2. The number of methoxy groups -OCH3 is 1. The molecule has 112 valence electrons. The second kappa shape index (κ2) is 7.54. The van der Waals surface area contributed by atoms with E-state index in [0.717, 1.165) is 6.42 Å². The van der Waals surface area contributed by atoms with Crippen LogP contribution in [-0.4, -0.2) is 49.3 Å². The number of carboxylic acid groups (broad SMARTS) is 1. The first-order valence-electron chi connectivity index (χ1n) is 6.26. The number of aromatic carboxylic acids is 1. The van der Waals surface area contributed by atoms with Gasteiger partial charge in [-0.3, -0.25) is 0 Å². The van der Waals surface area contributed by atoms with Crippen molar-refractivity contribution in [2.24, 2.45) is 0 Å². The molecule has 0 aliphatic heterocycles. The zero-order valence-corrected chi connectivity index (χ0v) is 11.9. The van der Waals surface area contributed by atoms with Crippen LogP contribution in [0.25, 0.3) is 0 Å². The molecule has 0 atom stereocenters. The van der Waals surface area contributed by atoms with Gasteiger partial charge in [0.1, 0.15) is 17.1 Å². The van der Waals surface area contributed by atoms with Crippen LogP contribution >= 0.6 is 0 Å². The van der Waals surface area contributed by atoms with Crippen LogP contribution < -0.4 is 5.32 Å². The predicted molar refractivity (Wildman–Crippen MR) is 71.8 cm³/mol. The molecule has 7 nitrogen and oxygen atoms in total. The molecule has 0 aromatic carbocycles. The summed E-state index contributed by atoms with van der Waals surface area (Å²) < 4.78 is 10.2. The molecule has 2 amide bonds. The molecule has 0 saturated carbocycles. The van der Waals surface area contributed by atoms with Crippen molar-refractivity contribution in [2.45, 2.75) is 19.9 Å². The van der Waals surface area contributed by atoms with Crippen LogP contribution in [0, 0.1) is 6.92 Å². The number of furan rings is 1. The largest absolute Gasteiger partial charge is 0.478 e. The number of carbonyl (C=O) groups is 2. The standard InChI is InChI=1S/C13H20N2O5/c1-9-11(12(16)17)7-10(20-9)8-14-13(18)15(2)5-4-6-19-3/h7H,4-6,8H2,1-3H3,(H,14,18)(H,16,17). The number of nitrogens with zero attached hydrogens (tertiary/aromatic N) is 1. The van der Waals surface area contributed by atoms with Crippen LogP contribution in [0.5, 0.6) is 0 Å². The number of nitrogens with one attached hydrogen (secondary N) is 1. The van der Waals surface area contributed by atoms with Crippen molar-refractivity contribution in [1.82, 2.24) is 10.2 Å². The van der Waals surface area contributed by atoms with Crippen molar-refractivity contribution < 1.29 is 23.8 Å². The van der Waals surface area contributed by atoms with Crippen molar-refractivity contribution in [2.75, 3.05) is 27.3 Å². The smallest absolute Gasteiger partial charge is 0.339 e. The molecule has 0 radical (unpaired) electrons. The Morgan fingerprint density at radius 2 is 2.20 bits per heavy atom. The molecule has 20 heavy (non-hydrogen) atoms. The van der Waals surface area contributed by atoms with Crippen LogP contribution in [0.3, 0.4) is 0 Å². The fourth-order valence-electron chi connectivity index (χ4n) is 1.69. The first kappa shape index (κ1) is 16.0. The minimum atomic E-state index is -1.04. The summed E-state index contributed by atoms with van der Waals surface area (Å²) in [5.74, 6) is -0.297. The molecule has 0 spiro atoms. The molecule has 1 aromatic rings. The van der Waals surface area contributed by atoms with Crippen LogP contribution in [-0.2, 0) is 11.3 Å². The topological polar surface area (TPSA) is 92.0 Å². The van der Waals surface area contributed by atoms with Gasteiger partial charge in [-0.25, -0.2) is 9.59 Å². The van der Waals surface area contributed by atoms with Gasteiger partial charge in [-0.2, -0.15) is 0 Å². The fraction of sp³-hybridized carbons (Fsp3) is 0.538. The third kappa shape index (κ3) is 4.58. The van der Waals surface area contributed by atoms with E-state index in [2.05, 4.69) is 5.32 Å². The highest BCUT2D eigenvalue weighted by Crippen LogP contribution is 2.14. The van der Waals surface area contributed by atoms with Gasteiger partial charge in [0.15, 0.2) is 0 Å². The van der Waals surface area contributed by atoms with Gasteiger partial charge in [0.05, 0.1) is 6.54 Å². The highest BCUT2D eigenvalue weighted by molar-refractivity contribution is 5.88. The molecule has 1 rings (SSSR count). The summed E-state index contributed by atoms with van der Waals surface area (Å²) >= 11 is 0.